The lowest BCUT2D eigenvalue weighted by molar-refractivity contribution is -0.122. The zero-order valence-corrected chi connectivity index (χ0v) is 14.7. The first-order valence-corrected chi connectivity index (χ1v) is 8.12. The smallest absolute Gasteiger partial charge is 0.290 e. The number of nitrogens with zero attached hydrogens (tertiary/aromatic N) is 4. The molecule has 2 heterocycles. The van der Waals surface area contributed by atoms with E-state index in [-0.39, 0.29) is 12.4 Å². The van der Waals surface area contributed by atoms with Gasteiger partial charge in [0, 0.05) is 23.9 Å². The Labute approximate surface area is 155 Å². The molecule has 2 aromatic heterocycles. The van der Waals surface area contributed by atoms with E-state index in [1.807, 2.05) is 29.8 Å². The van der Waals surface area contributed by atoms with E-state index < -0.39 is 0 Å². The van der Waals surface area contributed by atoms with Gasteiger partial charge < -0.3 is 20.7 Å². The number of aryl methyl sites for hydroxylation is 1. The number of anilines is 1. The first-order valence-electron chi connectivity index (χ1n) is 8.12. The number of carboxylic acid groups (broad SMARTS) is 1. The van der Waals surface area contributed by atoms with E-state index in [0.29, 0.717) is 23.6 Å². The summed E-state index contributed by atoms with van der Waals surface area (Å²) in [5.41, 5.74) is 8.57. The van der Waals surface area contributed by atoms with Gasteiger partial charge in [0.1, 0.15) is 5.82 Å². The first kappa shape index (κ1) is 19.6. The Morgan fingerprint density at radius 1 is 1.30 bits per heavy atom. The molecule has 140 valence electrons. The van der Waals surface area contributed by atoms with Gasteiger partial charge >= 0.3 is 0 Å². The van der Waals surface area contributed by atoms with Gasteiger partial charge in [-0.25, -0.2) is 9.97 Å². The summed E-state index contributed by atoms with van der Waals surface area (Å²) in [6.07, 6.45) is 6.80. The molecule has 0 unspecified atom stereocenters. The predicted octanol–water partition coefficient (Wildman–Crippen LogP) is 1.57. The van der Waals surface area contributed by atoms with E-state index in [0.717, 1.165) is 17.8 Å². The van der Waals surface area contributed by atoms with Crippen molar-refractivity contribution in [2.24, 2.45) is 0 Å². The number of hydrogen-bond acceptors (Lipinski definition) is 6. The summed E-state index contributed by atoms with van der Waals surface area (Å²) in [7, 11) is 0. The minimum Gasteiger partial charge on any atom is -0.483 e. The molecule has 0 aliphatic carbocycles. The highest BCUT2D eigenvalue weighted by molar-refractivity contribution is 5.94. The number of hydrogen-bond donors (Lipinski definition) is 3. The highest BCUT2D eigenvalue weighted by atomic mass is 16.3. The Morgan fingerprint density at radius 3 is 2.59 bits per heavy atom. The molecule has 0 spiro atoms. The quantitative estimate of drug-likeness (QED) is 0.582. The highest BCUT2D eigenvalue weighted by Gasteiger charge is 2.08. The monoisotopic (exact) mass is 368 g/mol. The Hall–Kier alpha value is -3.75. The zero-order chi connectivity index (χ0) is 19.6. The molecule has 9 nitrogen and oxygen atoms in total. The molecule has 1 aromatic carbocycles. The number of carbonyl (C=O) groups is 2. The number of amides is 1. The van der Waals surface area contributed by atoms with Crippen LogP contribution in [0.3, 0.4) is 0 Å². The van der Waals surface area contributed by atoms with Gasteiger partial charge in [-0.1, -0.05) is 12.1 Å². The molecule has 3 rings (SSSR count). The third kappa shape index (κ3) is 5.63. The first-order chi connectivity index (χ1) is 13.1. The number of aromatic nitrogens is 4. The number of benzene rings is 1. The van der Waals surface area contributed by atoms with Crippen LogP contribution in [0.2, 0.25) is 0 Å². The Kier molecular flexibility index (Phi) is 7.00. The van der Waals surface area contributed by atoms with Crippen molar-refractivity contribution in [3.8, 4) is 11.3 Å². The van der Waals surface area contributed by atoms with Gasteiger partial charge in [-0.3, -0.25) is 14.6 Å². The fourth-order valence-corrected chi connectivity index (χ4v) is 2.26. The van der Waals surface area contributed by atoms with E-state index in [9.17, 15) is 4.79 Å². The molecule has 0 saturated heterocycles. The molecule has 0 aliphatic heterocycles. The predicted molar refractivity (Wildman–Crippen MR) is 99.6 cm³/mol. The van der Waals surface area contributed by atoms with Crippen LogP contribution in [0.4, 0.5) is 5.82 Å². The van der Waals surface area contributed by atoms with Crippen molar-refractivity contribution in [1.82, 2.24) is 24.8 Å². The topological polar surface area (TPSA) is 136 Å². The Bertz CT molecular complexity index is 892. The fourth-order valence-electron chi connectivity index (χ4n) is 2.26. The van der Waals surface area contributed by atoms with Gasteiger partial charge in [-0.15, -0.1) is 0 Å². The second-order valence-corrected chi connectivity index (χ2v) is 5.39. The van der Waals surface area contributed by atoms with Crippen LogP contribution in [0.1, 0.15) is 23.0 Å². The van der Waals surface area contributed by atoms with Crippen LogP contribution in [0.25, 0.3) is 11.3 Å². The average Bonchev–Trinajstić information content (AvgIpc) is 3.15. The van der Waals surface area contributed by atoms with Gasteiger partial charge in [0.25, 0.3) is 12.4 Å². The van der Waals surface area contributed by atoms with Crippen molar-refractivity contribution < 1.29 is 14.7 Å². The maximum atomic E-state index is 12.2. The number of imidazole rings is 1. The normalized spacial score (nSPS) is 9.81. The third-order valence-electron chi connectivity index (χ3n) is 3.58. The summed E-state index contributed by atoms with van der Waals surface area (Å²) in [5, 5.41) is 9.75. The summed E-state index contributed by atoms with van der Waals surface area (Å²) >= 11 is 0. The van der Waals surface area contributed by atoms with Crippen LogP contribution in [0, 0.1) is 0 Å². The van der Waals surface area contributed by atoms with Crippen molar-refractivity contribution in [3.05, 3.63) is 60.4 Å². The van der Waals surface area contributed by atoms with Gasteiger partial charge in [0.15, 0.2) is 0 Å². The van der Waals surface area contributed by atoms with Crippen LogP contribution in [-0.2, 0) is 17.9 Å². The maximum absolute atomic E-state index is 12.2. The van der Waals surface area contributed by atoms with E-state index >= 15 is 0 Å². The number of carbonyl (C=O) groups excluding carboxylic acids is 1. The van der Waals surface area contributed by atoms with Crippen LogP contribution < -0.4 is 11.1 Å². The second-order valence-electron chi connectivity index (χ2n) is 5.39. The van der Waals surface area contributed by atoms with E-state index in [2.05, 4.69) is 20.3 Å². The Morgan fingerprint density at radius 2 is 2.00 bits per heavy atom. The van der Waals surface area contributed by atoms with Crippen molar-refractivity contribution in [1.29, 1.82) is 0 Å². The van der Waals surface area contributed by atoms with Crippen molar-refractivity contribution in [3.63, 3.8) is 0 Å². The summed E-state index contributed by atoms with van der Waals surface area (Å²) in [5.74, 6) is 0.215. The van der Waals surface area contributed by atoms with Gasteiger partial charge in [0.2, 0.25) is 0 Å². The van der Waals surface area contributed by atoms with Crippen LogP contribution in [0.5, 0.6) is 0 Å². The molecular weight excluding hydrogens is 348 g/mol. The molecule has 27 heavy (non-hydrogen) atoms. The van der Waals surface area contributed by atoms with Crippen LogP contribution >= 0.6 is 0 Å². The number of nitrogens with one attached hydrogen (secondary N) is 1. The van der Waals surface area contributed by atoms with Gasteiger partial charge in [-0.2, -0.15) is 0 Å². The minimum absolute atomic E-state index is 0.147. The SMILES string of the molecule is CCn1cnc(CNC(=O)c2ccc(-c3cncc(N)n3)cc2)c1.O=CO. The standard InChI is InChI=1S/C17H18N6O.CH2O2/c1-2-23-10-14(21-11-23)7-20-17(24)13-5-3-12(4-6-13)15-8-19-9-16(18)22-15;2-1-3/h3-6,8-11H,2,7H2,1H3,(H2,18,22)(H,20,24);1H,(H,2,3). The van der Waals surface area contributed by atoms with Crippen molar-refractivity contribution in [2.45, 2.75) is 20.0 Å². The average molecular weight is 368 g/mol. The van der Waals surface area contributed by atoms with E-state index in [1.165, 1.54) is 6.20 Å². The van der Waals surface area contributed by atoms with E-state index in [1.54, 1.807) is 24.7 Å². The maximum Gasteiger partial charge on any atom is 0.290 e. The molecule has 0 aliphatic rings. The second kappa shape index (κ2) is 9.66. The summed E-state index contributed by atoms with van der Waals surface area (Å²) < 4.78 is 1.96. The molecule has 1 amide bonds. The number of nitrogens with two attached hydrogens (primary N) is 1. The number of rotatable bonds is 5. The lowest BCUT2D eigenvalue weighted by Gasteiger charge is -2.05. The summed E-state index contributed by atoms with van der Waals surface area (Å²) in [6.45, 7) is 3.04. The minimum atomic E-state index is -0.250. The van der Waals surface area contributed by atoms with Crippen LogP contribution in [-0.4, -0.2) is 37.0 Å². The van der Waals surface area contributed by atoms with Gasteiger partial charge in [-0.05, 0) is 19.1 Å². The van der Waals surface area contributed by atoms with Crippen LogP contribution in [0.15, 0.2) is 49.2 Å². The van der Waals surface area contributed by atoms with Gasteiger partial charge in [0.05, 0.1) is 36.7 Å². The lowest BCUT2D eigenvalue weighted by Crippen LogP contribution is -2.22. The molecule has 0 fully saturated rings. The molecule has 0 atom stereocenters. The van der Waals surface area contributed by atoms with E-state index in [4.69, 9.17) is 15.6 Å². The third-order valence-corrected chi connectivity index (χ3v) is 3.58. The molecular formula is C18H20N6O3. The van der Waals surface area contributed by atoms with Crippen molar-refractivity contribution in [2.75, 3.05) is 5.73 Å². The lowest BCUT2D eigenvalue weighted by atomic mass is 10.1. The summed E-state index contributed by atoms with van der Waals surface area (Å²) in [6, 6.07) is 7.15. The highest BCUT2D eigenvalue weighted by Crippen LogP contribution is 2.17. The zero-order valence-electron chi connectivity index (χ0n) is 14.7. The largest absolute Gasteiger partial charge is 0.483 e. The molecule has 0 radical (unpaired) electrons. The molecule has 4 N–H and O–H groups in total. The fraction of sp³-hybridized carbons (Fsp3) is 0.167. The Balaban J connectivity index is 0.000000817. The number of nitrogen functional groups attached to an aromatic ring is 1. The molecule has 0 bridgehead atoms. The molecule has 3 aromatic rings. The molecule has 9 heteroatoms. The van der Waals surface area contributed by atoms with Crippen molar-refractivity contribution >= 4 is 18.2 Å². The summed E-state index contributed by atoms with van der Waals surface area (Å²) in [4.78, 5) is 33.0. The molecule has 0 saturated carbocycles.